The molecule has 0 aromatic carbocycles. The van der Waals surface area contributed by atoms with Crippen molar-refractivity contribution in [2.75, 3.05) is 24.7 Å². The quantitative estimate of drug-likeness (QED) is 0.147. The Hall–Kier alpha value is -2.24. The minimum atomic E-state index is -3.61. The Morgan fingerprint density at radius 1 is 0.744 bits per heavy atom. The Morgan fingerprint density at radius 3 is 1.87 bits per heavy atom. The molecule has 2 rings (SSSR count). The first-order valence-corrected chi connectivity index (χ1v) is 16.9. The largest absolute Gasteiger partial charge is 0.438 e. The summed E-state index contributed by atoms with van der Waals surface area (Å²) in [5.74, 6) is -0.466. The molecule has 1 aliphatic heterocycles. The minimum Gasteiger partial charge on any atom is -0.380 e. The molecule has 0 spiro atoms. The maximum atomic E-state index is 12.5. The monoisotopic (exact) mass is 588 g/mol. The highest BCUT2D eigenvalue weighted by molar-refractivity contribution is 7.91. The zero-order chi connectivity index (χ0) is 28.7. The van der Waals surface area contributed by atoms with Crippen LogP contribution in [-0.4, -0.2) is 48.1 Å². The zero-order valence-corrected chi connectivity index (χ0v) is 24.6. The third kappa shape index (κ3) is 11.4. The van der Waals surface area contributed by atoms with E-state index in [9.17, 15) is 31.9 Å². The summed E-state index contributed by atoms with van der Waals surface area (Å²) < 4.78 is 53.6. The summed E-state index contributed by atoms with van der Waals surface area (Å²) in [5, 5.41) is -0.553. The lowest BCUT2D eigenvalue weighted by Gasteiger charge is -2.08. The average molecular weight is 589 g/mol. The van der Waals surface area contributed by atoms with Crippen LogP contribution in [0.4, 0.5) is 4.79 Å². The summed E-state index contributed by atoms with van der Waals surface area (Å²) in [7, 11) is -7.10. The van der Waals surface area contributed by atoms with E-state index in [1.54, 1.807) is 0 Å². The van der Waals surface area contributed by atoms with Crippen LogP contribution < -0.4 is 22.1 Å². The van der Waals surface area contributed by atoms with Crippen molar-refractivity contribution >= 4 is 23.7 Å². The molecule has 14 heteroatoms. The number of amides is 2. The first-order chi connectivity index (χ1) is 18.7. The number of sulfone groups is 1. The van der Waals surface area contributed by atoms with Crippen LogP contribution in [0.1, 0.15) is 96.8 Å². The van der Waals surface area contributed by atoms with Gasteiger partial charge in [0.1, 0.15) is 0 Å². The Labute approximate surface area is 229 Å². The van der Waals surface area contributed by atoms with Gasteiger partial charge in [0, 0.05) is 13.2 Å². The van der Waals surface area contributed by atoms with Gasteiger partial charge >= 0.3 is 19.6 Å². The molecule has 1 aromatic heterocycles. The molecule has 0 saturated heterocycles. The summed E-state index contributed by atoms with van der Waals surface area (Å²) in [4.78, 5) is 42.9. The number of hydrogen-bond donors (Lipinski definition) is 0. The number of urea groups is 1. The topological polar surface area (TPSA) is 163 Å². The van der Waals surface area contributed by atoms with E-state index in [2.05, 4.69) is 16.9 Å². The predicted molar refractivity (Wildman–Crippen MR) is 146 cm³/mol. The fourth-order valence-electron chi connectivity index (χ4n) is 4.44. The van der Waals surface area contributed by atoms with Crippen LogP contribution in [0.15, 0.2) is 19.6 Å². The third-order valence-corrected chi connectivity index (χ3v) is 8.99. The summed E-state index contributed by atoms with van der Waals surface area (Å²) in [6.45, 7) is 2.55. The van der Waals surface area contributed by atoms with Crippen molar-refractivity contribution in [3.05, 3.63) is 31.7 Å². The molecule has 0 saturated carbocycles. The second-order valence-electron chi connectivity index (χ2n) is 9.83. The number of fused-ring (bicyclic) bond motifs is 1. The van der Waals surface area contributed by atoms with Gasteiger partial charge in [-0.2, -0.15) is 9.98 Å². The van der Waals surface area contributed by atoms with Gasteiger partial charge < -0.3 is 4.74 Å². The average Bonchev–Trinajstić information content (AvgIpc) is 3.27. The van der Waals surface area contributed by atoms with Crippen LogP contribution in [0.3, 0.4) is 0 Å². The molecule has 2 heterocycles. The van der Waals surface area contributed by atoms with Crippen molar-refractivity contribution in [1.29, 1.82) is 0 Å². The van der Waals surface area contributed by atoms with E-state index in [1.165, 1.54) is 64.2 Å². The lowest BCUT2D eigenvalue weighted by atomic mass is 10.0. The van der Waals surface area contributed by atoms with Crippen LogP contribution in [-0.2, 0) is 30.2 Å². The van der Waals surface area contributed by atoms with Crippen molar-refractivity contribution < 1.29 is 27.1 Å². The summed E-state index contributed by atoms with van der Waals surface area (Å²) >= 11 is 0. The fourth-order valence-corrected chi connectivity index (χ4v) is 6.07. The molecular weight excluding hydrogens is 547 g/mol. The predicted octanol–water partition coefficient (Wildman–Crippen LogP) is 3.23. The van der Waals surface area contributed by atoms with Gasteiger partial charge in [0.05, 0.1) is 18.1 Å². The Kier molecular flexibility index (Phi) is 14.8. The van der Waals surface area contributed by atoms with Crippen molar-refractivity contribution in [3.63, 3.8) is 0 Å². The highest BCUT2D eigenvalue weighted by Crippen LogP contribution is 2.12. The molecule has 0 N–H and O–H groups in total. The molecule has 0 bridgehead atoms. The van der Waals surface area contributed by atoms with E-state index in [4.69, 9.17) is 4.74 Å². The maximum absolute atomic E-state index is 12.5. The van der Waals surface area contributed by atoms with Crippen LogP contribution in [0.5, 0.6) is 0 Å². The molecule has 0 unspecified atom stereocenters. The standard InChI is InChI=1S/C25H41N4O8PS/c1-2-3-4-5-6-7-8-9-10-11-12-13-14-17-37-18-20-39(35,36)19-15-16-28-22-21(26-24(31)27-22)23(30)29(25(28)32)38(33)34/h2-20H2,1H3. The second kappa shape index (κ2) is 17.5. The van der Waals surface area contributed by atoms with Gasteiger partial charge in [-0.15, -0.1) is 4.34 Å². The highest BCUT2D eigenvalue weighted by atomic mass is 32.2. The van der Waals surface area contributed by atoms with Crippen molar-refractivity contribution in [2.45, 2.75) is 103 Å². The summed E-state index contributed by atoms with van der Waals surface area (Å²) in [5.41, 5.74) is -2.84. The molecule has 220 valence electrons. The fraction of sp³-hybridized carbons (Fsp3) is 0.800. The third-order valence-electron chi connectivity index (χ3n) is 6.61. The Morgan fingerprint density at radius 2 is 1.31 bits per heavy atom. The number of ether oxygens (including phenoxy) is 1. The van der Waals surface area contributed by atoms with E-state index in [1.807, 2.05) is 0 Å². The van der Waals surface area contributed by atoms with Crippen molar-refractivity contribution in [2.24, 2.45) is 9.98 Å². The van der Waals surface area contributed by atoms with Crippen LogP contribution in [0.2, 0.25) is 0 Å². The first-order valence-electron chi connectivity index (χ1n) is 14.0. The normalized spacial score (nSPS) is 12.8. The van der Waals surface area contributed by atoms with Crippen LogP contribution >= 0.6 is 7.83 Å². The summed E-state index contributed by atoms with van der Waals surface area (Å²) in [6.07, 6.45) is 16.2. The Balaban J connectivity index is 1.61. The lowest BCUT2D eigenvalue weighted by Crippen LogP contribution is -2.55. The molecule has 2 amide bonds. The molecule has 1 aliphatic rings. The van der Waals surface area contributed by atoms with Crippen molar-refractivity contribution in [1.82, 2.24) is 8.90 Å². The SMILES string of the molecule is CCCCCCCCCCCCCCCOCCS(=O)(=O)CCCn1c2c(c(=O)n(P(=O)=O)c1=O)=NC(=O)N=2. The molecular formula is C25H41N4O8PS. The van der Waals surface area contributed by atoms with Crippen LogP contribution in [0, 0.1) is 0 Å². The van der Waals surface area contributed by atoms with Gasteiger partial charge in [-0.25, -0.2) is 27.1 Å². The highest BCUT2D eigenvalue weighted by Gasteiger charge is 2.21. The van der Waals surface area contributed by atoms with E-state index in [-0.39, 0.29) is 40.9 Å². The molecule has 12 nitrogen and oxygen atoms in total. The number of nitrogens with zero attached hydrogens (tertiary/aromatic N) is 4. The van der Waals surface area contributed by atoms with Gasteiger partial charge in [0.25, 0.3) is 5.56 Å². The first kappa shape index (κ1) is 33.0. The van der Waals surface area contributed by atoms with E-state index in [0.29, 0.717) is 6.61 Å². The minimum absolute atomic E-state index is 0.0371. The van der Waals surface area contributed by atoms with Crippen LogP contribution in [0.25, 0.3) is 0 Å². The van der Waals surface area contributed by atoms with Gasteiger partial charge in [-0.1, -0.05) is 84.0 Å². The zero-order valence-electron chi connectivity index (χ0n) is 22.8. The number of hydrogen-bond acceptors (Lipinski definition) is 8. The van der Waals surface area contributed by atoms with Gasteiger partial charge in [-0.05, 0) is 12.8 Å². The van der Waals surface area contributed by atoms with Crippen molar-refractivity contribution in [3.8, 4) is 0 Å². The van der Waals surface area contributed by atoms with Gasteiger partial charge in [0.2, 0.25) is 0 Å². The number of aromatic nitrogens is 2. The molecule has 39 heavy (non-hydrogen) atoms. The smallest absolute Gasteiger partial charge is 0.380 e. The number of rotatable bonds is 22. The summed E-state index contributed by atoms with van der Waals surface area (Å²) in [6, 6.07) is -1.04. The van der Waals surface area contributed by atoms with E-state index >= 15 is 0 Å². The van der Waals surface area contributed by atoms with Gasteiger partial charge in [-0.3, -0.25) is 9.36 Å². The number of unbranched alkanes of at least 4 members (excludes halogenated alkanes) is 12. The molecule has 1 aromatic rings. The Bertz CT molecular complexity index is 1360. The lowest BCUT2D eigenvalue weighted by molar-refractivity contribution is 0.144. The second-order valence-corrected chi connectivity index (χ2v) is 13.0. The maximum Gasteiger partial charge on any atom is 0.438 e. The molecule has 0 aliphatic carbocycles. The number of carbonyl (C=O) groups is 1. The van der Waals surface area contributed by atoms with E-state index in [0.717, 1.165) is 23.8 Å². The molecule has 0 radical (unpaired) electrons. The van der Waals surface area contributed by atoms with Gasteiger partial charge in [0.15, 0.2) is 20.7 Å². The molecule has 0 atom stereocenters. The number of carbonyl (C=O) groups excluding carboxylic acids is 1. The van der Waals surface area contributed by atoms with E-state index < -0.39 is 40.3 Å². The molecule has 0 fully saturated rings.